The Morgan fingerprint density at radius 3 is 2.13 bits per heavy atom. The number of aromatic nitrogens is 3. The number of hydrogen-bond donors (Lipinski definition) is 0. The third kappa shape index (κ3) is 2.22. The molecule has 1 aromatic heterocycles. The molecule has 0 radical (unpaired) electrons. The Kier molecular flexibility index (Phi) is 3.18. The fourth-order valence-corrected chi connectivity index (χ4v) is 3.32. The number of benzene rings is 2. The zero-order valence-corrected chi connectivity index (χ0v) is 13.5. The minimum absolute atomic E-state index is 0.0405. The van der Waals surface area contributed by atoms with Gasteiger partial charge in [0.2, 0.25) is 5.95 Å². The van der Waals surface area contributed by atoms with E-state index in [0.29, 0.717) is 0 Å². The largest absolute Gasteiger partial charge is 0.314 e. The van der Waals surface area contributed by atoms with Crippen LogP contribution in [0.3, 0.4) is 0 Å². The van der Waals surface area contributed by atoms with Crippen molar-refractivity contribution in [1.29, 1.82) is 0 Å². The van der Waals surface area contributed by atoms with E-state index in [-0.39, 0.29) is 5.41 Å². The number of hydrogen-bond acceptors (Lipinski definition) is 3. The van der Waals surface area contributed by atoms with Crippen LogP contribution in [0.2, 0.25) is 0 Å². The zero-order chi connectivity index (χ0) is 15.9. The SMILES string of the molecule is CN(c1ccccc1)c1nnc(C2(c3ccccc3)CC2)n1C. The van der Waals surface area contributed by atoms with Crippen LogP contribution in [-0.4, -0.2) is 21.8 Å². The third-order valence-corrected chi connectivity index (χ3v) is 4.80. The standard InChI is InChI=1S/C19H20N4/c1-22(16-11-7-4-8-12-16)18-21-20-17(23(18)2)19(13-14-19)15-9-5-3-6-10-15/h3-12H,13-14H2,1-2H3. The van der Waals surface area contributed by atoms with Crippen LogP contribution < -0.4 is 4.90 Å². The molecule has 1 saturated carbocycles. The quantitative estimate of drug-likeness (QED) is 0.737. The van der Waals surface area contributed by atoms with Gasteiger partial charge in [-0.1, -0.05) is 48.5 Å². The molecule has 0 atom stereocenters. The molecule has 0 unspecified atom stereocenters. The van der Waals surface area contributed by atoms with Crippen LogP contribution in [-0.2, 0) is 12.5 Å². The van der Waals surface area contributed by atoms with E-state index in [2.05, 4.69) is 69.2 Å². The lowest BCUT2D eigenvalue weighted by Crippen LogP contribution is -2.18. The van der Waals surface area contributed by atoms with E-state index < -0.39 is 0 Å². The van der Waals surface area contributed by atoms with Crippen LogP contribution >= 0.6 is 0 Å². The Morgan fingerprint density at radius 1 is 0.913 bits per heavy atom. The first-order valence-corrected chi connectivity index (χ1v) is 7.96. The van der Waals surface area contributed by atoms with Crippen LogP contribution in [0.1, 0.15) is 24.2 Å². The Balaban J connectivity index is 1.72. The highest BCUT2D eigenvalue weighted by Crippen LogP contribution is 2.53. The van der Waals surface area contributed by atoms with E-state index in [0.717, 1.165) is 30.3 Å². The first-order chi connectivity index (χ1) is 11.2. The minimum Gasteiger partial charge on any atom is -0.314 e. The van der Waals surface area contributed by atoms with Crippen LogP contribution in [0.5, 0.6) is 0 Å². The lowest BCUT2D eigenvalue weighted by molar-refractivity contribution is 0.691. The van der Waals surface area contributed by atoms with Crippen molar-refractivity contribution in [3.8, 4) is 0 Å². The maximum absolute atomic E-state index is 4.54. The molecule has 0 saturated heterocycles. The summed E-state index contributed by atoms with van der Waals surface area (Å²) < 4.78 is 2.13. The van der Waals surface area contributed by atoms with E-state index in [4.69, 9.17) is 0 Å². The molecular formula is C19H20N4. The van der Waals surface area contributed by atoms with Crippen molar-refractivity contribution in [3.63, 3.8) is 0 Å². The molecule has 0 amide bonds. The molecule has 1 heterocycles. The Bertz CT molecular complexity index is 804. The normalized spacial score (nSPS) is 15.4. The highest BCUT2D eigenvalue weighted by atomic mass is 15.4. The fraction of sp³-hybridized carbons (Fsp3) is 0.263. The molecule has 0 N–H and O–H groups in total. The highest BCUT2D eigenvalue weighted by Gasteiger charge is 2.50. The summed E-state index contributed by atoms with van der Waals surface area (Å²) in [5.41, 5.74) is 2.49. The molecule has 1 aliphatic carbocycles. The van der Waals surface area contributed by atoms with Crippen LogP contribution in [0, 0.1) is 0 Å². The van der Waals surface area contributed by atoms with Gasteiger partial charge in [-0.25, -0.2) is 0 Å². The molecule has 0 bridgehead atoms. The molecule has 4 rings (SSSR count). The summed E-state index contributed by atoms with van der Waals surface area (Å²) in [6.07, 6.45) is 2.27. The van der Waals surface area contributed by atoms with Gasteiger partial charge in [0.25, 0.3) is 0 Å². The molecule has 23 heavy (non-hydrogen) atoms. The van der Waals surface area contributed by atoms with Gasteiger partial charge in [-0.3, -0.25) is 4.57 Å². The maximum Gasteiger partial charge on any atom is 0.231 e. The van der Waals surface area contributed by atoms with Crippen LogP contribution in [0.4, 0.5) is 11.6 Å². The second-order valence-corrected chi connectivity index (χ2v) is 6.23. The predicted molar refractivity (Wildman–Crippen MR) is 92.0 cm³/mol. The second-order valence-electron chi connectivity index (χ2n) is 6.23. The van der Waals surface area contributed by atoms with E-state index in [9.17, 15) is 0 Å². The van der Waals surface area contributed by atoms with Crippen molar-refractivity contribution < 1.29 is 0 Å². The van der Waals surface area contributed by atoms with E-state index in [1.54, 1.807) is 0 Å². The van der Waals surface area contributed by atoms with Gasteiger partial charge < -0.3 is 4.90 Å². The van der Waals surface area contributed by atoms with Crippen LogP contribution in [0.25, 0.3) is 0 Å². The van der Waals surface area contributed by atoms with Crippen molar-refractivity contribution in [3.05, 3.63) is 72.1 Å². The summed E-state index contributed by atoms with van der Waals surface area (Å²) in [7, 11) is 4.10. The molecule has 0 aliphatic heterocycles. The summed E-state index contributed by atoms with van der Waals surface area (Å²) in [6.45, 7) is 0. The van der Waals surface area contributed by atoms with Crippen molar-refractivity contribution in [1.82, 2.24) is 14.8 Å². The average Bonchev–Trinajstić information content (AvgIpc) is 3.33. The first-order valence-electron chi connectivity index (χ1n) is 7.96. The number of rotatable bonds is 4. The van der Waals surface area contributed by atoms with E-state index >= 15 is 0 Å². The summed E-state index contributed by atoms with van der Waals surface area (Å²) in [5, 5.41) is 9.01. The fourth-order valence-electron chi connectivity index (χ4n) is 3.32. The van der Waals surface area contributed by atoms with Gasteiger partial charge in [0, 0.05) is 19.8 Å². The first kappa shape index (κ1) is 14.0. The zero-order valence-electron chi connectivity index (χ0n) is 13.5. The summed E-state index contributed by atoms with van der Waals surface area (Å²) in [4.78, 5) is 2.08. The molecule has 3 aromatic rings. The molecule has 116 valence electrons. The van der Waals surface area contributed by atoms with Gasteiger partial charge in [0.1, 0.15) is 5.82 Å². The smallest absolute Gasteiger partial charge is 0.231 e. The molecule has 0 spiro atoms. The maximum atomic E-state index is 4.54. The number of nitrogens with zero attached hydrogens (tertiary/aromatic N) is 4. The van der Waals surface area contributed by atoms with Gasteiger partial charge in [0.15, 0.2) is 0 Å². The Labute approximate surface area is 136 Å². The van der Waals surface area contributed by atoms with Crippen LogP contribution in [0.15, 0.2) is 60.7 Å². The van der Waals surface area contributed by atoms with Gasteiger partial charge in [0.05, 0.1) is 5.41 Å². The van der Waals surface area contributed by atoms with Crippen molar-refractivity contribution >= 4 is 11.6 Å². The minimum atomic E-state index is 0.0405. The van der Waals surface area contributed by atoms with Crippen molar-refractivity contribution in [2.75, 3.05) is 11.9 Å². The lowest BCUT2D eigenvalue weighted by Gasteiger charge is -2.20. The highest BCUT2D eigenvalue weighted by molar-refractivity contribution is 5.56. The molecule has 1 fully saturated rings. The van der Waals surface area contributed by atoms with Crippen molar-refractivity contribution in [2.45, 2.75) is 18.3 Å². The van der Waals surface area contributed by atoms with E-state index in [1.807, 2.05) is 25.2 Å². The molecular weight excluding hydrogens is 284 g/mol. The molecule has 4 heteroatoms. The third-order valence-electron chi connectivity index (χ3n) is 4.80. The Hall–Kier alpha value is -2.62. The van der Waals surface area contributed by atoms with Gasteiger partial charge in [-0.15, -0.1) is 10.2 Å². The lowest BCUT2D eigenvalue weighted by atomic mass is 9.95. The van der Waals surface area contributed by atoms with Gasteiger partial charge in [-0.05, 0) is 30.5 Å². The summed E-state index contributed by atoms with van der Waals surface area (Å²) in [5.74, 6) is 1.93. The number of anilines is 2. The van der Waals surface area contributed by atoms with E-state index in [1.165, 1.54) is 5.56 Å². The molecule has 2 aromatic carbocycles. The Morgan fingerprint density at radius 2 is 1.52 bits per heavy atom. The van der Waals surface area contributed by atoms with Gasteiger partial charge in [-0.2, -0.15) is 0 Å². The molecule has 4 nitrogen and oxygen atoms in total. The molecule has 1 aliphatic rings. The number of para-hydroxylation sites is 1. The van der Waals surface area contributed by atoms with Crippen molar-refractivity contribution in [2.24, 2.45) is 7.05 Å². The topological polar surface area (TPSA) is 34.0 Å². The monoisotopic (exact) mass is 304 g/mol. The average molecular weight is 304 g/mol. The second kappa shape index (κ2) is 5.23. The predicted octanol–water partition coefficient (Wildman–Crippen LogP) is 3.66. The van der Waals surface area contributed by atoms with Gasteiger partial charge >= 0.3 is 0 Å². The summed E-state index contributed by atoms with van der Waals surface area (Å²) >= 11 is 0. The summed E-state index contributed by atoms with van der Waals surface area (Å²) in [6, 6.07) is 20.9.